The zero-order valence-corrected chi connectivity index (χ0v) is 11.0. The van der Waals surface area contributed by atoms with E-state index in [-0.39, 0.29) is 18.5 Å². The van der Waals surface area contributed by atoms with E-state index in [4.69, 9.17) is 9.68 Å². The van der Waals surface area contributed by atoms with Gasteiger partial charge in [-0.05, 0) is 31.5 Å². The number of rotatable bonds is 4. The van der Waals surface area contributed by atoms with Crippen molar-refractivity contribution < 1.29 is 9.21 Å². The molecule has 1 aliphatic rings. The van der Waals surface area contributed by atoms with Crippen molar-refractivity contribution in [1.82, 2.24) is 10.2 Å². The Hall–Kier alpha value is -1.80. The normalized spacial score (nSPS) is 20.5. The highest BCUT2D eigenvalue weighted by Crippen LogP contribution is 2.29. The van der Waals surface area contributed by atoms with Crippen LogP contribution in [0, 0.1) is 11.3 Å². The molecule has 1 aliphatic heterocycles. The van der Waals surface area contributed by atoms with Gasteiger partial charge in [-0.3, -0.25) is 9.69 Å². The van der Waals surface area contributed by atoms with Crippen LogP contribution < -0.4 is 5.32 Å². The van der Waals surface area contributed by atoms with Gasteiger partial charge >= 0.3 is 0 Å². The lowest BCUT2D eigenvalue weighted by atomic mass is 10.1. The summed E-state index contributed by atoms with van der Waals surface area (Å²) in [6.45, 7) is 1.29. The van der Waals surface area contributed by atoms with Crippen molar-refractivity contribution in [2.24, 2.45) is 0 Å². The fourth-order valence-corrected chi connectivity index (χ4v) is 2.54. The number of likely N-dealkylation sites (tertiary alicyclic amines) is 1. The average Bonchev–Trinajstić information content (AvgIpc) is 2.84. The second-order valence-corrected chi connectivity index (χ2v) is 4.79. The lowest BCUT2D eigenvalue weighted by molar-refractivity contribution is -0.122. The molecule has 1 N–H and O–H groups in total. The summed E-state index contributed by atoms with van der Waals surface area (Å²) in [5.74, 6) is 0.829. The molecule has 0 radical (unpaired) electrons. The molecule has 0 aromatic carbocycles. The van der Waals surface area contributed by atoms with Crippen molar-refractivity contribution in [2.45, 2.75) is 31.7 Å². The lowest BCUT2D eigenvalue weighted by Gasteiger charge is -2.27. The first kappa shape index (κ1) is 13.6. The molecular weight excluding hydrogens is 242 g/mol. The number of carbonyl (C=O) groups is 1. The molecule has 2 rings (SSSR count). The summed E-state index contributed by atoms with van der Waals surface area (Å²) in [7, 11) is 0. The van der Waals surface area contributed by atoms with Crippen LogP contribution in [0.25, 0.3) is 0 Å². The summed E-state index contributed by atoms with van der Waals surface area (Å²) >= 11 is 0. The fraction of sp³-hybridized carbons (Fsp3) is 0.571. The molecule has 1 fully saturated rings. The molecule has 0 saturated carbocycles. The Bertz CT molecular complexity index is 436. The highest BCUT2D eigenvalue weighted by molar-refractivity contribution is 5.78. The van der Waals surface area contributed by atoms with E-state index in [9.17, 15) is 4.79 Å². The van der Waals surface area contributed by atoms with Crippen LogP contribution in [0.1, 0.15) is 37.5 Å². The van der Waals surface area contributed by atoms with E-state index in [1.807, 2.05) is 18.2 Å². The monoisotopic (exact) mass is 261 g/mol. The minimum Gasteiger partial charge on any atom is -0.468 e. The number of carbonyl (C=O) groups excluding carboxylic acids is 1. The van der Waals surface area contributed by atoms with Gasteiger partial charge in [-0.15, -0.1) is 0 Å². The summed E-state index contributed by atoms with van der Waals surface area (Å²) in [5.41, 5.74) is 0. The molecule has 0 bridgehead atoms. The number of nitrogens with one attached hydrogen (secondary N) is 1. The van der Waals surface area contributed by atoms with Crippen molar-refractivity contribution in [3.8, 4) is 6.07 Å². The summed E-state index contributed by atoms with van der Waals surface area (Å²) < 4.78 is 5.50. The van der Waals surface area contributed by atoms with E-state index >= 15 is 0 Å². The average molecular weight is 261 g/mol. The molecule has 1 saturated heterocycles. The fourth-order valence-electron chi connectivity index (χ4n) is 2.54. The van der Waals surface area contributed by atoms with Crippen molar-refractivity contribution in [3.63, 3.8) is 0 Å². The maximum Gasteiger partial charge on any atom is 0.235 e. The van der Waals surface area contributed by atoms with Crippen LogP contribution in [-0.4, -0.2) is 30.4 Å². The van der Waals surface area contributed by atoms with Crippen molar-refractivity contribution >= 4 is 5.91 Å². The Labute approximate surface area is 113 Å². The summed E-state index contributed by atoms with van der Waals surface area (Å²) in [5, 5.41) is 11.1. The highest BCUT2D eigenvalue weighted by Gasteiger charge is 2.26. The van der Waals surface area contributed by atoms with E-state index in [0.29, 0.717) is 6.54 Å². The second kappa shape index (κ2) is 6.95. The molecule has 19 heavy (non-hydrogen) atoms. The van der Waals surface area contributed by atoms with E-state index < -0.39 is 0 Å². The molecule has 5 heteroatoms. The molecule has 1 unspecified atom stereocenters. The Morgan fingerprint density at radius 1 is 1.53 bits per heavy atom. The van der Waals surface area contributed by atoms with E-state index in [1.54, 1.807) is 6.26 Å². The minimum absolute atomic E-state index is 0.0676. The Balaban J connectivity index is 2.01. The summed E-state index contributed by atoms with van der Waals surface area (Å²) in [4.78, 5) is 13.9. The quantitative estimate of drug-likeness (QED) is 0.840. The van der Waals surface area contributed by atoms with Gasteiger partial charge in [-0.2, -0.15) is 5.26 Å². The first-order chi connectivity index (χ1) is 9.31. The lowest BCUT2D eigenvalue weighted by Crippen LogP contribution is -2.39. The Kier molecular flexibility index (Phi) is 4.99. The van der Waals surface area contributed by atoms with Gasteiger partial charge in [0.2, 0.25) is 5.91 Å². The maximum absolute atomic E-state index is 11.8. The predicted octanol–water partition coefficient (Wildman–Crippen LogP) is 1.84. The Morgan fingerprint density at radius 3 is 3.16 bits per heavy atom. The molecular formula is C14H19N3O2. The van der Waals surface area contributed by atoms with E-state index in [2.05, 4.69) is 10.2 Å². The molecule has 0 aliphatic carbocycles. The van der Waals surface area contributed by atoms with Crippen LogP contribution in [0.2, 0.25) is 0 Å². The van der Waals surface area contributed by atoms with Gasteiger partial charge in [0, 0.05) is 0 Å². The minimum atomic E-state index is -0.0972. The number of nitrogens with zero attached hydrogens (tertiary/aromatic N) is 2. The summed E-state index contributed by atoms with van der Waals surface area (Å²) in [6.07, 6.45) is 6.13. The van der Waals surface area contributed by atoms with E-state index in [0.717, 1.165) is 31.6 Å². The first-order valence-corrected chi connectivity index (χ1v) is 6.72. The number of amides is 1. The largest absolute Gasteiger partial charge is 0.468 e. The van der Waals surface area contributed by atoms with Crippen molar-refractivity contribution in [2.75, 3.05) is 19.6 Å². The van der Waals surface area contributed by atoms with Gasteiger partial charge in [0.15, 0.2) is 0 Å². The second-order valence-electron chi connectivity index (χ2n) is 4.79. The maximum atomic E-state index is 11.8. The topological polar surface area (TPSA) is 69.3 Å². The van der Waals surface area contributed by atoms with Gasteiger partial charge in [0.25, 0.3) is 0 Å². The van der Waals surface area contributed by atoms with Crippen LogP contribution in [0.4, 0.5) is 0 Å². The van der Waals surface area contributed by atoms with Crippen molar-refractivity contribution in [3.05, 3.63) is 24.2 Å². The van der Waals surface area contributed by atoms with Crippen LogP contribution in [0.15, 0.2) is 22.8 Å². The standard InChI is InChI=1S/C14H19N3O2/c15-7-8-16-14(18)11-17-9-3-1-2-5-12(17)13-6-4-10-19-13/h4,6,10,12H,1-3,5,8-9,11H2,(H,16,18). The molecule has 5 nitrogen and oxygen atoms in total. The summed E-state index contributed by atoms with van der Waals surface area (Å²) in [6, 6.07) is 5.94. The molecule has 102 valence electrons. The third-order valence-electron chi connectivity index (χ3n) is 3.45. The van der Waals surface area contributed by atoms with Gasteiger partial charge < -0.3 is 9.73 Å². The third-order valence-corrected chi connectivity index (χ3v) is 3.45. The molecule has 0 spiro atoms. The van der Waals surface area contributed by atoms with Gasteiger partial charge in [0.1, 0.15) is 12.3 Å². The zero-order chi connectivity index (χ0) is 13.5. The van der Waals surface area contributed by atoms with Gasteiger partial charge in [0.05, 0.1) is 24.9 Å². The zero-order valence-electron chi connectivity index (χ0n) is 11.0. The van der Waals surface area contributed by atoms with Gasteiger partial charge in [-0.1, -0.05) is 12.8 Å². The van der Waals surface area contributed by atoms with Crippen LogP contribution in [0.3, 0.4) is 0 Å². The predicted molar refractivity (Wildman–Crippen MR) is 70.1 cm³/mol. The Morgan fingerprint density at radius 2 is 2.42 bits per heavy atom. The molecule has 1 atom stereocenters. The van der Waals surface area contributed by atoms with E-state index in [1.165, 1.54) is 6.42 Å². The first-order valence-electron chi connectivity index (χ1n) is 6.72. The number of hydrogen-bond acceptors (Lipinski definition) is 4. The van der Waals surface area contributed by atoms with Crippen molar-refractivity contribution in [1.29, 1.82) is 5.26 Å². The number of hydrogen-bond donors (Lipinski definition) is 1. The highest BCUT2D eigenvalue weighted by atomic mass is 16.3. The number of nitriles is 1. The number of furan rings is 1. The van der Waals surface area contributed by atoms with Crippen LogP contribution in [-0.2, 0) is 4.79 Å². The SMILES string of the molecule is N#CCNC(=O)CN1CCCCCC1c1ccco1. The third kappa shape index (κ3) is 3.83. The molecule has 1 aromatic rings. The molecule has 1 aromatic heterocycles. The van der Waals surface area contributed by atoms with Gasteiger partial charge in [-0.25, -0.2) is 0 Å². The van der Waals surface area contributed by atoms with Crippen LogP contribution in [0.5, 0.6) is 0 Å². The van der Waals surface area contributed by atoms with Crippen LogP contribution >= 0.6 is 0 Å². The molecule has 1 amide bonds. The smallest absolute Gasteiger partial charge is 0.235 e. The molecule has 2 heterocycles.